The van der Waals surface area contributed by atoms with E-state index < -0.39 is 41.9 Å². The van der Waals surface area contributed by atoms with Gasteiger partial charge in [0, 0.05) is 12.0 Å². The van der Waals surface area contributed by atoms with Crippen molar-refractivity contribution < 1.29 is 27.1 Å². The molecule has 0 fully saturated rings. The largest absolute Gasteiger partial charge is 0.403 e. The monoisotopic (exact) mass is 255 g/mol. The highest BCUT2D eigenvalue weighted by atomic mass is 19.4. The van der Waals surface area contributed by atoms with E-state index in [1.807, 2.05) is 0 Å². The average Bonchev–Trinajstić information content (AvgIpc) is 2.20. The average molecular weight is 255 g/mol. The Morgan fingerprint density at radius 2 is 1.82 bits per heavy atom. The van der Waals surface area contributed by atoms with Gasteiger partial charge in [-0.25, -0.2) is 8.78 Å². The quantitative estimate of drug-likeness (QED) is 0.814. The van der Waals surface area contributed by atoms with Crippen LogP contribution in [-0.4, -0.2) is 17.3 Å². The Balaban J connectivity index is 2.84. The van der Waals surface area contributed by atoms with E-state index in [-0.39, 0.29) is 0 Å². The Kier molecular flexibility index (Phi) is 4.05. The van der Waals surface area contributed by atoms with Crippen molar-refractivity contribution >= 4 is 0 Å². The summed E-state index contributed by atoms with van der Waals surface area (Å²) in [5.41, 5.74) is 4.24. The normalized spacial score (nSPS) is 15.7. The lowest BCUT2D eigenvalue weighted by molar-refractivity contribution is -0.154. The van der Waals surface area contributed by atoms with Crippen molar-refractivity contribution in [1.82, 2.24) is 0 Å². The molecule has 1 aromatic rings. The zero-order chi connectivity index (χ0) is 13.2. The van der Waals surface area contributed by atoms with Crippen LogP contribution in [0.1, 0.15) is 18.1 Å². The third kappa shape index (κ3) is 3.37. The number of hydrogen-bond acceptors (Lipinski definition) is 2. The van der Waals surface area contributed by atoms with Gasteiger partial charge in [0.1, 0.15) is 6.04 Å². The lowest BCUT2D eigenvalue weighted by atomic mass is 10.0. The zero-order valence-electron chi connectivity index (χ0n) is 8.51. The van der Waals surface area contributed by atoms with Crippen LogP contribution in [0.15, 0.2) is 18.2 Å². The predicted octanol–water partition coefficient (Wildman–Crippen LogP) is 2.28. The number of aliphatic hydroxyl groups is 1. The third-order valence-electron chi connectivity index (χ3n) is 2.24. The highest BCUT2D eigenvalue weighted by Gasteiger charge is 2.38. The topological polar surface area (TPSA) is 46.2 Å². The molecule has 2 nitrogen and oxygen atoms in total. The number of alkyl halides is 3. The van der Waals surface area contributed by atoms with Gasteiger partial charge in [0.2, 0.25) is 0 Å². The summed E-state index contributed by atoms with van der Waals surface area (Å²) in [5.74, 6) is -2.60. The van der Waals surface area contributed by atoms with Crippen LogP contribution in [0, 0.1) is 11.6 Å². The summed E-state index contributed by atoms with van der Waals surface area (Å²) in [5, 5.41) is 9.37. The van der Waals surface area contributed by atoms with Gasteiger partial charge in [0.25, 0.3) is 0 Å². The minimum absolute atomic E-state index is 0.537. The molecule has 0 saturated heterocycles. The Bertz CT molecular complexity index is 393. The fourth-order valence-electron chi connectivity index (χ4n) is 1.28. The van der Waals surface area contributed by atoms with Gasteiger partial charge < -0.3 is 10.8 Å². The SMILES string of the molecule is N[C@H](C[C@H](O)c1cccc(F)c1F)C(F)(F)F. The summed E-state index contributed by atoms with van der Waals surface area (Å²) < 4.78 is 62.2. The van der Waals surface area contributed by atoms with E-state index in [0.717, 1.165) is 18.2 Å². The van der Waals surface area contributed by atoms with Crippen LogP contribution >= 0.6 is 0 Å². The summed E-state index contributed by atoms with van der Waals surface area (Å²) in [6.45, 7) is 0. The van der Waals surface area contributed by atoms with Gasteiger partial charge in [-0.2, -0.15) is 13.2 Å². The van der Waals surface area contributed by atoms with E-state index in [1.54, 1.807) is 0 Å². The molecule has 0 bridgehead atoms. The maximum absolute atomic E-state index is 13.1. The molecule has 0 amide bonds. The van der Waals surface area contributed by atoms with Crippen molar-refractivity contribution in [1.29, 1.82) is 0 Å². The Labute approximate surface area is 93.9 Å². The van der Waals surface area contributed by atoms with Crippen molar-refractivity contribution in [3.8, 4) is 0 Å². The van der Waals surface area contributed by atoms with Crippen LogP contribution in [0.3, 0.4) is 0 Å². The van der Waals surface area contributed by atoms with Gasteiger partial charge in [-0.05, 0) is 6.07 Å². The van der Waals surface area contributed by atoms with Gasteiger partial charge in [-0.15, -0.1) is 0 Å². The molecule has 0 aliphatic rings. The summed E-state index contributed by atoms with van der Waals surface area (Å²) in [4.78, 5) is 0. The van der Waals surface area contributed by atoms with E-state index in [0.29, 0.717) is 0 Å². The maximum Gasteiger partial charge on any atom is 0.403 e. The van der Waals surface area contributed by atoms with E-state index in [4.69, 9.17) is 5.73 Å². The molecular formula is C10H10F5NO. The lowest BCUT2D eigenvalue weighted by Gasteiger charge is -2.19. The minimum Gasteiger partial charge on any atom is -0.388 e. The first-order chi connectivity index (χ1) is 7.73. The molecule has 0 aliphatic heterocycles. The van der Waals surface area contributed by atoms with Crippen molar-refractivity contribution in [2.75, 3.05) is 0 Å². The minimum atomic E-state index is -4.69. The Morgan fingerprint density at radius 1 is 1.24 bits per heavy atom. The smallest absolute Gasteiger partial charge is 0.388 e. The van der Waals surface area contributed by atoms with E-state index >= 15 is 0 Å². The molecule has 0 aliphatic carbocycles. The molecule has 3 N–H and O–H groups in total. The second kappa shape index (κ2) is 4.97. The fraction of sp³-hybridized carbons (Fsp3) is 0.400. The molecule has 0 unspecified atom stereocenters. The number of halogens is 5. The number of nitrogens with two attached hydrogens (primary N) is 1. The molecule has 0 saturated carbocycles. The highest BCUT2D eigenvalue weighted by Crippen LogP contribution is 2.28. The Hall–Kier alpha value is -1.21. The summed E-state index contributed by atoms with van der Waals surface area (Å²) in [6.07, 6.45) is -7.42. The van der Waals surface area contributed by atoms with Gasteiger partial charge >= 0.3 is 6.18 Å². The number of benzene rings is 1. The van der Waals surface area contributed by atoms with Crippen molar-refractivity contribution in [3.05, 3.63) is 35.4 Å². The van der Waals surface area contributed by atoms with Gasteiger partial charge in [-0.1, -0.05) is 12.1 Å². The second-order valence-electron chi connectivity index (χ2n) is 3.54. The van der Waals surface area contributed by atoms with E-state index in [9.17, 15) is 27.1 Å². The Morgan fingerprint density at radius 3 is 2.35 bits per heavy atom. The summed E-state index contributed by atoms with van der Waals surface area (Å²) in [6, 6.07) is 0.609. The van der Waals surface area contributed by atoms with Crippen LogP contribution in [0.25, 0.3) is 0 Å². The van der Waals surface area contributed by atoms with Crippen molar-refractivity contribution in [2.24, 2.45) is 5.73 Å². The molecule has 0 spiro atoms. The highest BCUT2D eigenvalue weighted by molar-refractivity contribution is 5.21. The molecule has 1 aromatic carbocycles. The molecule has 0 heterocycles. The molecule has 2 atom stereocenters. The van der Waals surface area contributed by atoms with Crippen molar-refractivity contribution in [3.63, 3.8) is 0 Å². The maximum atomic E-state index is 13.1. The molecule has 17 heavy (non-hydrogen) atoms. The molecule has 0 aromatic heterocycles. The van der Waals surface area contributed by atoms with Crippen LogP contribution < -0.4 is 5.73 Å². The number of rotatable bonds is 3. The first kappa shape index (κ1) is 13.9. The van der Waals surface area contributed by atoms with E-state index in [1.165, 1.54) is 0 Å². The number of hydrogen-bond donors (Lipinski definition) is 2. The molecule has 0 radical (unpaired) electrons. The summed E-state index contributed by atoms with van der Waals surface area (Å²) in [7, 11) is 0. The second-order valence-corrected chi connectivity index (χ2v) is 3.54. The van der Waals surface area contributed by atoms with Crippen LogP contribution in [0.2, 0.25) is 0 Å². The zero-order valence-corrected chi connectivity index (χ0v) is 8.51. The van der Waals surface area contributed by atoms with Crippen LogP contribution in [0.5, 0.6) is 0 Å². The number of aliphatic hydroxyl groups excluding tert-OH is 1. The molecule has 1 rings (SSSR count). The first-order valence-electron chi connectivity index (χ1n) is 4.67. The third-order valence-corrected chi connectivity index (χ3v) is 2.24. The van der Waals surface area contributed by atoms with Gasteiger partial charge in [0.05, 0.1) is 6.10 Å². The van der Waals surface area contributed by atoms with Crippen LogP contribution in [0.4, 0.5) is 22.0 Å². The standard InChI is InChI=1S/C10H10F5NO/c11-6-3-1-2-5(9(6)12)7(17)4-8(16)10(13,14)15/h1-3,7-8,17H,4,16H2/t7-,8+/m0/s1. The van der Waals surface area contributed by atoms with E-state index in [2.05, 4.69) is 0 Å². The predicted molar refractivity (Wildman–Crippen MR) is 50.0 cm³/mol. The van der Waals surface area contributed by atoms with Crippen molar-refractivity contribution in [2.45, 2.75) is 24.7 Å². The van der Waals surface area contributed by atoms with Gasteiger partial charge in [-0.3, -0.25) is 0 Å². The fourth-order valence-corrected chi connectivity index (χ4v) is 1.28. The molecule has 96 valence electrons. The van der Waals surface area contributed by atoms with Crippen LogP contribution in [-0.2, 0) is 0 Å². The molecule has 7 heteroatoms. The lowest BCUT2D eigenvalue weighted by Crippen LogP contribution is -2.38. The van der Waals surface area contributed by atoms with Gasteiger partial charge in [0.15, 0.2) is 11.6 Å². The first-order valence-corrected chi connectivity index (χ1v) is 4.67. The molecular weight excluding hydrogens is 245 g/mol. The summed E-state index contributed by atoms with van der Waals surface area (Å²) >= 11 is 0.